The van der Waals surface area contributed by atoms with E-state index in [0.29, 0.717) is 12.5 Å². The predicted molar refractivity (Wildman–Crippen MR) is 83.4 cm³/mol. The lowest BCUT2D eigenvalue weighted by atomic mass is 9.79. The number of rotatable bonds is 6. The van der Waals surface area contributed by atoms with Gasteiger partial charge in [0.05, 0.1) is 12.2 Å². The number of ether oxygens (including phenoxy) is 1. The molecule has 2 saturated carbocycles. The fourth-order valence-corrected chi connectivity index (χ4v) is 3.91. The number of nitrogens with one attached hydrogen (secondary N) is 1. The highest BCUT2D eigenvalue weighted by atomic mass is 16.5. The van der Waals surface area contributed by atoms with Crippen LogP contribution in [-0.4, -0.2) is 35.4 Å². The molecule has 2 rings (SSSR count). The lowest BCUT2D eigenvalue weighted by Crippen LogP contribution is -2.56. The average molecular weight is 297 g/mol. The zero-order valence-corrected chi connectivity index (χ0v) is 13.6. The Balaban J connectivity index is 1.93. The van der Waals surface area contributed by atoms with E-state index >= 15 is 0 Å². The maximum atomic E-state index is 11.8. The third kappa shape index (κ3) is 4.43. The van der Waals surface area contributed by atoms with Crippen LogP contribution in [0.4, 0.5) is 0 Å². The highest BCUT2D eigenvalue weighted by molar-refractivity contribution is 5.79. The van der Waals surface area contributed by atoms with E-state index in [9.17, 15) is 9.90 Å². The Hall–Kier alpha value is -0.610. The van der Waals surface area contributed by atoms with Gasteiger partial charge in [-0.1, -0.05) is 26.7 Å². The van der Waals surface area contributed by atoms with E-state index in [1.807, 2.05) is 0 Å². The molecule has 0 aromatic rings. The van der Waals surface area contributed by atoms with Crippen LogP contribution in [-0.2, 0) is 9.53 Å². The van der Waals surface area contributed by atoms with Crippen molar-refractivity contribution in [3.8, 4) is 0 Å². The molecule has 4 heteroatoms. The van der Waals surface area contributed by atoms with E-state index in [0.717, 1.165) is 51.0 Å². The second kappa shape index (κ2) is 7.59. The second-order valence-corrected chi connectivity index (χ2v) is 7.06. The molecule has 21 heavy (non-hydrogen) atoms. The first-order valence-corrected chi connectivity index (χ1v) is 8.69. The van der Waals surface area contributed by atoms with Crippen molar-refractivity contribution in [1.82, 2.24) is 5.32 Å². The molecule has 0 radical (unpaired) electrons. The van der Waals surface area contributed by atoms with Crippen molar-refractivity contribution >= 4 is 5.97 Å². The molecule has 0 amide bonds. The minimum atomic E-state index is -0.765. The molecule has 2 aliphatic rings. The summed E-state index contributed by atoms with van der Waals surface area (Å²) in [5.41, 5.74) is -0.765. The Labute approximate surface area is 128 Å². The molecule has 0 spiro atoms. The number of carboxylic acids is 1. The zero-order valence-electron chi connectivity index (χ0n) is 13.6. The number of aliphatic carboxylic acids is 1. The molecular formula is C17H31NO3. The molecule has 4 atom stereocenters. The van der Waals surface area contributed by atoms with E-state index in [1.54, 1.807) is 0 Å². The number of hydrogen-bond donors (Lipinski definition) is 2. The quantitative estimate of drug-likeness (QED) is 0.789. The number of carbonyl (C=O) groups is 1. The zero-order chi connectivity index (χ0) is 15.3. The molecule has 2 N–H and O–H groups in total. The normalized spacial score (nSPS) is 37.3. The molecule has 0 bridgehead atoms. The van der Waals surface area contributed by atoms with Gasteiger partial charge in [-0.15, -0.1) is 0 Å². The summed E-state index contributed by atoms with van der Waals surface area (Å²) in [6.45, 7) is 5.13. The van der Waals surface area contributed by atoms with Gasteiger partial charge in [0.25, 0.3) is 0 Å². The first-order valence-electron chi connectivity index (χ1n) is 8.69. The number of hydrogen-bond acceptors (Lipinski definition) is 3. The third-order valence-corrected chi connectivity index (χ3v) is 5.10. The smallest absolute Gasteiger partial charge is 0.323 e. The lowest BCUT2D eigenvalue weighted by Gasteiger charge is -2.40. The van der Waals surface area contributed by atoms with Crippen LogP contribution in [0, 0.1) is 5.92 Å². The topological polar surface area (TPSA) is 58.6 Å². The van der Waals surface area contributed by atoms with Crippen molar-refractivity contribution in [3.05, 3.63) is 0 Å². The van der Waals surface area contributed by atoms with Crippen LogP contribution in [0.2, 0.25) is 0 Å². The van der Waals surface area contributed by atoms with Crippen molar-refractivity contribution in [2.45, 2.75) is 89.4 Å². The van der Waals surface area contributed by atoms with E-state index in [2.05, 4.69) is 19.2 Å². The van der Waals surface area contributed by atoms with Crippen LogP contribution in [0.3, 0.4) is 0 Å². The van der Waals surface area contributed by atoms with Gasteiger partial charge in [-0.05, 0) is 51.0 Å². The van der Waals surface area contributed by atoms with Crippen LogP contribution in [0.25, 0.3) is 0 Å². The summed E-state index contributed by atoms with van der Waals surface area (Å²) in [5.74, 6) is 0.0380. The molecule has 2 aliphatic carbocycles. The lowest BCUT2D eigenvalue weighted by molar-refractivity contribution is -0.151. The monoisotopic (exact) mass is 297 g/mol. The van der Waals surface area contributed by atoms with Gasteiger partial charge in [0.1, 0.15) is 5.54 Å². The summed E-state index contributed by atoms with van der Waals surface area (Å²) in [5, 5.41) is 12.9. The highest BCUT2D eigenvalue weighted by Crippen LogP contribution is 2.34. The van der Waals surface area contributed by atoms with Gasteiger partial charge in [-0.3, -0.25) is 4.79 Å². The minimum Gasteiger partial charge on any atom is -0.480 e. The molecule has 0 aliphatic heterocycles. The number of carboxylic acid groups (broad SMARTS) is 1. The predicted octanol–water partition coefficient (Wildman–Crippen LogP) is 3.35. The Morgan fingerprint density at radius 2 is 2.05 bits per heavy atom. The van der Waals surface area contributed by atoms with Gasteiger partial charge in [-0.25, -0.2) is 0 Å². The molecule has 4 nitrogen and oxygen atoms in total. The van der Waals surface area contributed by atoms with E-state index < -0.39 is 11.5 Å². The Morgan fingerprint density at radius 1 is 1.29 bits per heavy atom. The molecule has 0 saturated heterocycles. The van der Waals surface area contributed by atoms with Crippen LogP contribution < -0.4 is 5.32 Å². The van der Waals surface area contributed by atoms with E-state index in [4.69, 9.17) is 4.74 Å². The summed E-state index contributed by atoms with van der Waals surface area (Å²) in [4.78, 5) is 11.8. The maximum Gasteiger partial charge on any atom is 0.323 e. The summed E-state index contributed by atoms with van der Waals surface area (Å²) in [7, 11) is 0. The molecule has 0 heterocycles. The summed E-state index contributed by atoms with van der Waals surface area (Å²) in [6, 6.07) is 0. The largest absolute Gasteiger partial charge is 0.480 e. The van der Waals surface area contributed by atoms with Crippen LogP contribution in [0.5, 0.6) is 0 Å². The van der Waals surface area contributed by atoms with Gasteiger partial charge in [0.2, 0.25) is 0 Å². The van der Waals surface area contributed by atoms with Crippen molar-refractivity contribution in [1.29, 1.82) is 0 Å². The first kappa shape index (κ1) is 16.8. The first-order chi connectivity index (χ1) is 10.1. The molecule has 0 aromatic carbocycles. The van der Waals surface area contributed by atoms with Crippen LogP contribution >= 0.6 is 0 Å². The second-order valence-electron chi connectivity index (χ2n) is 7.06. The average Bonchev–Trinajstić information content (AvgIpc) is 2.45. The van der Waals surface area contributed by atoms with Crippen LogP contribution in [0.15, 0.2) is 0 Å². The third-order valence-electron chi connectivity index (χ3n) is 5.10. The van der Waals surface area contributed by atoms with Crippen molar-refractivity contribution < 1.29 is 14.6 Å². The van der Waals surface area contributed by atoms with E-state index in [-0.39, 0.29) is 6.10 Å². The van der Waals surface area contributed by atoms with Gasteiger partial charge < -0.3 is 15.2 Å². The molecule has 122 valence electrons. The standard InChI is InChI=1S/C17H31NO3/c1-3-10-18-17(16(19)20)9-5-8-15(12-17)21-14-7-4-6-13(2)11-14/h13-15,18H,3-12H2,1-2H3,(H,19,20). The minimum absolute atomic E-state index is 0.106. The van der Waals surface area contributed by atoms with Gasteiger partial charge in [-0.2, -0.15) is 0 Å². The molecular weight excluding hydrogens is 266 g/mol. The molecule has 4 unspecified atom stereocenters. The SMILES string of the molecule is CCCNC1(C(=O)O)CCCC(OC2CCCC(C)C2)C1. The van der Waals surface area contributed by atoms with Crippen LogP contribution in [0.1, 0.15) is 71.6 Å². The van der Waals surface area contributed by atoms with Crippen molar-refractivity contribution in [3.63, 3.8) is 0 Å². The molecule has 2 fully saturated rings. The molecule has 0 aromatic heterocycles. The Bertz CT molecular complexity index is 347. The van der Waals surface area contributed by atoms with E-state index in [1.165, 1.54) is 12.8 Å². The summed E-state index contributed by atoms with van der Waals surface area (Å²) >= 11 is 0. The summed E-state index contributed by atoms with van der Waals surface area (Å²) < 4.78 is 6.28. The van der Waals surface area contributed by atoms with Crippen molar-refractivity contribution in [2.24, 2.45) is 5.92 Å². The fraction of sp³-hybridized carbons (Fsp3) is 0.941. The summed E-state index contributed by atoms with van der Waals surface area (Å²) in [6.07, 6.45) is 9.53. The Kier molecular flexibility index (Phi) is 6.06. The van der Waals surface area contributed by atoms with Crippen molar-refractivity contribution in [2.75, 3.05) is 6.54 Å². The fourth-order valence-electron chi connectivity index (χ4n) is 3.91. The van der Waals surface area contributed by atoms with Gasteiger partial charge in [0.15, 0.2) is 0 Å². The maximum absolute atomic E-state index is 11.8. The van der Waals surface area contributed by atoms with Gasteiger partial charge in [0, 0.05) is 6.42 Å². The highest BCUT2D eigenvalue weighted by Gasteiger charge is 2.43. The Morgan fingerprint density at radius 3 is 2.71 bits per heavy atom. The van der Waals surface area contributed by atoms with Gasteiger partial charge >= 0.3 is 5.97 Å².